The Kier molecular flexibility index (Phi) is 10.2. The van der Waals surface area contributed by atoms with E-state index >= 15 is 0 Å². The highest BCUT2D eigenvalue weighted by Crippen LogP contribution is 2.25. The molecule has 2 aliphatic heterocycles. The van der Waals surface area contributed by atoms with Crippen molar-refractivity contribution in [3.05, 3.63) is 17.5 Å². The van der Waals surface area contributed by atoms with Gasteiger partial charge in [0.1, 0.15) is 5.60 Å². The zero-order chi connectivity index (χ0) is 21.6. The molecule has 1 unspecified atom stereocenters. The number of likely N-dealkylation sites (tertiary alicyclic amines) is 1. The largest absolute Gasteiger partial charge is 0.444 e. The summed E-state index contributed by atoms with van der Waals surface area (Å²) in [5.41, 5.74) is -0.470. The lowest BCUT2D eigenvalue weighted by Crippen LogP contribution is -2.54. The number of ether oxygens (including phenoxy) is 1. The van der Waals surface area contributed by atoms with E-state index < -0.39 is 5.60 Å². The van der Waals surface area contributed by atoms with Crippen LogP contribution in [0.5, 0.6) is 0 Å². The predicted molar refractivity (Wildman–Crippen MR) is 140 cm³/mol. The van der Waals surface area contributed by atoms with Crippen LogP contribution in [0.3, 0.4) is 0 Å². The lowest BCUT2D eigenvalue weighted by Gasteiger charge is -2.37. The number of anilines is 1. The molecule has 1 amide bonds. The number of carbonyl (C=O) groups excluding carboxylic acids is 1. The van der Waals surface area contributed by atoms with Gasteiger partial charge in [-0.1, -0.05) is 0 Å². The number of guanidine groups is 1. The highest BCUT2D eigenvalue weighted by Gasteiger charge is 2.30. The molecule has 0 aromatic carbocycles. The van der Waals surface area contributed by atoms with E-state index in [1.54, 1.807) is 11.3 Å². The molecule has 176 valence electrons. The molecule has 0 radical (unpaired) electrons. The minimum absolute atomic E-state index is 0. The molecule has 1 aromatic rings. The number of halogens is 1. The normalized spacial score (nSPS) is 20.8. The van der Waals surface area contributed by atoms with E-state index in [0.717, 1.165) is 57.7 Å². The molecule has 0 aliphatic carbocycles. The van der Waals surface area contributed by atoms with Gasteiger partial charge in [-0.2, -0.15) is 0 Å². The summed E-state index contributed by atoms with van der Waals surface area (Å²) in [6, 6.07) is 4.86. The van der Waals surface area contributed by atoms with Gasteiger partial charge in [-0.25, -0.2) is 4.79 Å². The Labute approximate surface area is 208 Å². The van der Waals surface area contributed by atoms with Crippen LogP contribution in [0.15, 0.2) is 22.5 Å². The summed E-state index contributed by atoms with van der Waals surface area (Å²) >= 11 is 1.81. The summed E-state index contributed by atoms with van der Waals surface area (Å²) in [5, 5.41) is 10.5. The predicted octanol–water partition coefficient (Wildman–Crippen LogP) is 4.29. The van der Waals surface area contributed by atoms with Crippen LogP contribution in [0.4, 0.5) is 9.80 Å². The molecule has 2 saturated heterocycles. The Hall–Kier alpha value is -1.23. The van der Waals surface area contributed by atoms with Crippen LogP contribution in [0.25, 0.3) is 0 Å². The number of hydrogen-bond donors (Lipinski definition) is 2. The minimum Gasteiger partial charge on any atom is -0.444 e. The molecule has 1 aromatic heterocycles. The third kappa shape index (κ3) is 8.00. The maximum Gasteiger partial charge on any atom is 0.410 e. The summed E-state index contributed by atoms with van der Waals surface area (Å²) < 4.78 is 5.61. The molecule has 2 aliphatic rings. The molecule has 0 bridgehead atoms. The lowest BCUT2D eigenvalue weighted by atomic mass is 10.0. The van der Waals surface area contributed by atoms with Crippen molar-refractivity contribution < 1.29 is 9.53 Å². The Bertz CT molecular complexity index is 699. The highest BCUT2D eigenvalue weighted by molar-refractivity contribution is 14.0. The van der Waals surface area contributed by atoms with Gasteiger partial charge < -0.3 is 25.2 Å². The zero-order valence-corrected chi connectivity index (χ0v) is 22.4. The fourth-order valence-corrected chi connectivity index (χ4v) is 4.86. The minimum atomic E-state index is -0.470. The zero-order valence-electron chi connectivity index (χ0n) is 19.2. The molecule has 1 atom stereocenters. The summed E-state index contributed by atoms with van der Waals surface area (Å²) in [6.45, 7) is 9.31. The van der Waals surface area contributed by atoms with Gasteiger partial charge in [0, 0.05) is 39.3 Å². The van der Waals surface area contributed by atoms with E-state index in [0.29, 0.717) is 12.6 Å². The number of amides is 1. The molecule has 0 saturated carbocycles. The van der Waals surface area contributed by atoms with Gasteiger partial charge in [0.2, 0.25) is 0 Å². The number of rotatable bonds is 4. The fraction of sp³-hybridized carbons (Fsp3) is 0.727. The molecular weight excluding hydrogens is 525 g/mol. The van der Waals surface area contributed by atoms with Crippen molar-refractivity contribution >= 4 is 52.4 Å². The summed E-state index contributed by atoms with van der Waals surface area (Å²) in [7, 11) is 1.81. The van der Waals surface area contributed by atoms with Gasteiger partial charge in [0.15, 0.2) is 5.96 Å². The number of piperidine rings is 2. The molecule has 3 rings (SSSR count). The second kappa shape index (κ2) is 12.1. The Morgan fingerprint density at radius 2 is 1.97 bits per heavy atom. The maximum absolute atomic E-state index is 12.6. The van der Waals surface area contributed by atoms with Crippen LogP contribution >= 0.6 is 35.3 Å². The van der Waals surface area contributed by atoms with Crippen LogP contribution in [0, 0.1) is 0 Å². The lowest BCUT2D eigenvalue weighted by molar-refractivity contribution is 0.0104. The van der Waals surface area contributed by atoms with Crippen molar-refractivity contribution in [1.82, 2.24) is 15.5 Å². The molecule has 9 heteroatoms. The first-order valence-corrected chi connectivity index (χ1v) is 12.0. The van der Waals surface area contributed by atoms with Crippen LogP contribution in [-0.2, 0) is 4.74 Å². The van der Waals surface area contributed by atoms with Crippen molar-refractivity contribution in [3.8, 4) is 0 Å². The summed E-state index contributed by atoms with van der Waals surface area (Å²) in [6.07, 6.45) is 5.13. The number of aliphatic imine (C=N–C) groups is 1. The number of nitrogens with one attached hydrogen (secondary N) is 2. The van der Waals surface area contributed by atoms with Crippen molar-refractivity contribution in [3.63, 3.8) is 0 Å². The maximum atomic E-state index is 12.6. The highest BCUT2D eigenvalue weighted by atomic mass is 127. The van der Waals surface area contributed by atoms with Crippen LogP contribution in [-0.4, -0.2) is 67.9 Å². The summed E-state index contributed by atoms with van der Waals surface area (Å²) in [5.74, 6) is 0.819. The van der Waals surface area contributed by atoms with Crippen LogP contribution in [0.1, 0.15) is 52.9 Å². The second-order valence-electron chi connectivity index (χ2n) is 9.13. The second-order valence-corrected chi connectivity index (χ2v) is 10.1. The Morgan fingerprint density at radius 3 is 2.58 bits per heavy atom. The average Bonchev–Trinajstić information content (AvgIpc) is 3.25. The fourth-order valence-electron chi connectivity index (χ4n) is 4.07. The monoisotopic (exact) mass is 563 g/mol. The van der Waals surface area contributed by atoms with Gasteiger partial charge >= 0.3 is 6.09 Å². The third-order valence-electron chi connectivity index (χ3n) is 5.64. The molecular formula is C22H38IN5O2S. The molecule has 3 heterocycles. The quantitative estimate of drug-likeness (QED) is 0.325. The first-order chi connectivity index (χ1) is 14.4. The van der Waals surface area contributed by atoms with Crippen molar-refractivity contribution in [1.29, 1.82) is 0 Å². The van der Waals surface area contributed by atoms with Crippen LogP contribution in [0.2, 0.25) is 0 Å². The first kappa shape index (κ1) is 26.0. The number of nitrogens with zero attached hydrogens (tertiary/aromatic N) is 3. The third-order valence-corrected chi connectivity index (χ3v) is 6.57. The molecule has 31 heavy (non-hydrogen) atoms. The average molecular weight is 564 g/mol. The van der Waals surface area contributed by atoms with Gasteiger partial charge in [0.05, 0.1) is 11.0 Å². The van der Waals surface area contributed by atoms with Crippen molar-refractivity contribution in [2.45, 2.75) is 70.6 Å². The molecule has 2 fully saturated rings. The van der Waals surface area contributed by atoms with Crippen LogP contribution < -0.4 is 15.5 Å². The van der Waals surface area contributed by atoms with Gasteiger partial charge in [0.25, 0.3) is 0 Å². The smallest absolute Gasteiger partial charge is 0.410 e. The van der Waals surface area contributed by atoms with E-state index in [1.807, 2.05) is 32.7 Å². The molecule has 2 N–H and O–H groups in total. The van der Waals surface area contributed by atoms with E-state index in [4.69, 9.17) is 4.74 Å². The van der Waals surface area contributed by atoms with Gasteiger partial charge in [-0.15, -0.1) is 35.3 Å². The molecule has 7 nitrogen and oxygen atoms in total. The summed E-state index contributed by atoms with van der Waals surface area (Å²) in [4.78, 5) is 21.4. The van der Waals surface area contributed by atoms with Gasteiger partial charge in [-0.3, -0.25) is 4.99 Å². The Morgan fingerprint density at radius 1 is 1.23 bits per heavy atom. The Balaban J connectivity index is 0.00000341. The van der Waals surface area contributed by atoms with Crippen molar-refractivity contribution in [2.24, 2.45) is 4.99 Å². The molecule has 0 spiro atoms. The number of carbonyl (C=O) groups is 1. The number of hydrogen-bond acceptors (Lipinski definition) is 5. The first-order valence-electron chi connectivity index (χ1n) is 11.1. The standard InChI is InChI=1S/C22H37N5O2S.HI/c1-22(2,3)29-21(28)27-12-6-5-8-18(27)16-24-20(23-4)25-17-10-13-26(14-11-17)19-9-7-15-30-19;/h7,9,15,17-18H,5-6,8,10-14,16H2,1-4H3,(H2,23,24,25);1H. The van der Waals surface area contributed by atoms with E-state index in [2.05, 4.69) is 38.0 Å². The topological polar surface area (TPSA) is 69.2 Å². The van der Waals surface area contributed by atoms with Gasteiger partial charge in [-0.05, 0) is 70.4 Å². The van der Waals surface area contributed by atoms with E-state index in [1.165, 1.54) is 5.00 Å². The number of thiophene rings is 1. The van der Waals surface area contributed by atoms with Crippen molar-refractivity contribution in [2.75, 3.05) is 38.1 Å². The van der Waals surface area contributed by atoms with E-state index in [9.17, 15) is 4.79 Å². The SMILES string of the molecule is CN=C(NCC1CCCCN1C(=O)OC(C)(C)C)NC1CCN(c2cccs2)CC1.I. The van der Waals surface area contributed by atoms with E-state index in [-0.39, 0.29) is 36.1 Å².